The third-order valence-electron chi connectivity index (χ3n) is 4.42. The highest BCUT2D eigenvalue weighted by molar-refractivity contribution is 14.0. The molecule has 1 aliphatic rings. The van der Waals surface area contributed by atoms with Crippen LogP contribution in [0.3, 0.4) is 0 Å². The molecule has 0 saturated carbocycles. The molecular weight excluding hydrogens is 519 g/mol. The molecule has 1 heterocycles. The molecule has 31 heavy (non-hydrogen) atoms. The Labute approximate surface area is 198 Å². The molecule has 2 N–H and O–H groups in total. The van der Waals surface area contributed by atoms with Crippen LogP contribution in [0.2, 0.25) is 0 Å². The Hall–Kier alpha value is -2.14. The summed E-state index contributed by atoms with van der Waals surface area (Å²) in [5, 5.41) is 6.41. The van der Waals surface area contributed by atoms with Gasteiger partial charge in [0.1, 0.15) is 29.2 Å². The number of ether oxygens (including phenoxy) is 3. The average Bonchev–Trinajstić information content (AvgIpc) is 2.72. The number of rotatable bonds is 8. The fraction of sp³-hybridized carbons (Fsp3) is 0.409. The van der Waals surface area contributed by atoms with Gasteiger partial charge in [-0.15, -0.1) is 24.0 Å². The molecule has 2 aromatic rings. The van der Waals surface area contributed by atoms with Crippen LogP contribution in [0.25, 0.3) is 0 Å². The van der Waals surface area contributed by atoms with Crippen LogP contribution in [0.1, 0.15) is 25.0 Å². The topological polar surface area (TPSA) is 64.1 Å². The average molecular weight is 547 g/mol. The number of fused-ring (bicyclic) bond motifs is 1. The van der Waals surface area contributed by atoms with E-state index in [-0.39, 0.29) is 48.5 Å². The Morgan fingerprint density at radius 2 is 2.03 bits per heavy atom. The van der Waals surface area contributed by atoms with Gasteiger partial charge in [0.25, 0.3) is 0 Å². The number of hydrogen-bond donors (Lipinski definition) is 2. The summed E-state index contributed by atoms with van der Waals surface area (Å²) in [5.41, 5.74) is 1.51. The highest BCUT2D eigenvalue weighted by atomic mass is 127. The molecule has 1 aliphatic heterocycles. The normalized spacial score (nSPS) is 14.0. The van der Waals surface area contributed by atoms with Gasteiger partial charge in [-0.25, -0.2) is 13.8 Å². The van der Waals surface area contributed by atoms with Crippen LogP contribution in [0.4, 0.5) is 8.78 Å². The van der Waals surface area contributed by atoms with Gasteiger partial charge in [-0.3, -0.25) is 0 Å². The Morgan fingerprint density at radius 3 is 2.81 bits per heavy atom. The predicted molar refractivity (Wildman–Crippen MR) is 126 cm³/mol. The zero-order valence-electron chi connectivity index (χ0n) is 17.6. The van der Waals surface area contributed by atoms with Crippen molar-refractivity contribution >= 4 is 29.9 Å². The van der Waals surface area contributed by atoms with Gasteiger partial charge in [-0.1, -0.05) is 6.07 Å². The van der Waals surface area contributed by atoms with Crippen molar-refractivity contribution in [1.29, 1.82) is 0 Å². The van der Waals surface area contributed by atoms with Gasteiger partial charge in [0.05, 0.1) is 13.2 Å². The lowest BCUT2D eigenvalue weighted by Gasteiger charge is -2.21. The van der Waals surface area contributed by atoms with E-state index in [1.807, 2.05) is 13.8 Å². The number of benzene rings is 2. The lowest BCUT2D eigenvalue weighted by molar-refractivity contribution is -0.0172. The Kier molecular flexibility index (Phi) is 10.3. The summed E-state index contributed by atoms with van der Waals surface area (Å²) in [6.07, 6.45) is 0.339. The summed E-state index contributed by atoms with van der Waals surface area (Å²) in [5.74, 6) is 1.15. The van der Waals surface area contributed by atoms with Gasteiger partial charge in [-0.05, 0) is 50.1 Å². The maximum Gasteiger partial charge on any atom is 0.191 e. The first kappa shape index (κ1) is 25.1. The van der Waals surface area contributed by atoms with Crippen LogP contribution in [0, 0.1) is 11.6 Å². The summed E-state index contributed by atoms with van der Waals surface area (Å²) in [7, 11) is 0. The summed E-state index contributed by atoms with van der Waals surface area (Å²) in [6.45, 7) is 6.00. The van der Waals surface area contributed by atoms with Crippen molar-refractivity contribution in [2.45, 2.75) is 33.0 Å². The van der Waals surface area contributed by atoms with Crippen molar-refractivity contribution in [3.05, 3.63) is 59.2 Å². The minimum absolute atomic E-state index is 0. The predicted octanol–water partition coefficient (Wildman–Crippen LogP) is 4.01. The molecule has 0 bridgehead atoms. The molecule has 2 aromatic carbocycles. The van der Waals surface area contributed by atoms with Crippen molar-refractivity contribution < 1.29 is 23.0 Å². The van der Waals surface area contributed by atoms with Crippen LogP contribution < -0.4 is 20.1 Å². The van der Waals surface area contributed by atoms with Crippen LogP contribution in [0.5, 0.6) is 11.5 Å². The minimum Gasteiger partial charge on any atom is -0.489 e. The van der Waals surface area contributed by atoms with E-state index >= 15 is 0 Å². The molecule has 0 fully saturated rings. The number of hydrogen-bond acceptors (Lipinski definition) is 4. The summed E-state index contributed by atoms with van der Waals surface area (Å²) < 4.78 is 43.6. The molecule has 0 radical (unpaired) electrons. The van der Waals surface area contributed by atoms with E-state index in [2.05, 4.69) is 15.6 Å². The molecule has 0 amide bonds. The third kappa shape index (κ3) is 7.80. The van der Waals surface area contributed by atoms with Crippen LogP contribution in [-0.2, 0) is 17.8 Å². The molecule has 6 nitrogen and oxygen atoms in total. The molecule has 0 saturated heterocycles. The number of guanidine groups is 1. The minimum atomic E-state index is -0.340. The standard InChI is InChI=1S/C22H27F2N3O3.HI/c1-3-25-22(27-12-15(2)30-20-6-4-5-18(23)11-20)26-8-7-16-9-19(24)10-17-13-28-14-29-21(16)17;/h4-6,9-11,15H,3,7-8,12-14H2,1-2H3,(H2,25,26,27);1H. The second kappa shape index (κ2) is 12.7. The number of halogens is 3. The maximum atomic E-state index is 13.9. The van der Waals surface area contributed by atoms with Gasteiger partial charge in [-0.2, -0.15) is 0 Å². The quantitative estimate of drug-likeness (QED) is 0.297. The van der Waals surface area contributed by atoms with Gasteiger partial charge in [0.2, 0.25) is 0 Å². The molecular formula is C22H28F2IN3O3. The fourth-order valence-corrected chi connectivity index (χ4v) is 3.13. The lowest BCUT2D eigenvalue weighted by atomic mass is 10.1. The van der Waals surface area contributed by atoms with Crippen LogP contribution in [0.15, 0.2) is 41.4 Å². The Balaban J connectivity index is 0.00000341. The Morgan fingerprint density at radius 1 is 1.19 bits per heavy atom. The van der Waals surface area contributed by atoms with E-state index in [1.54, 1.807) is 12.1 Å². The molecule has 0 spiro atoms. The van der Waals surface area contributed by atoms with E-state index in [1.165, 1.54) is 24.3 Å². The van der Waals surface area contributed by atoms with E-state index in [4.69, 9.17) is 14.2 Å². The first-order valence-corrected chi connectivity index (χ1v) is 10.0. The smallest absolute Gasteiger partial charge is 0.191 e. The molecule has 1 atom stereocenters. The van der Waals surface area contributed by atoms with Gasteiger partial charge < -0.3 is 24.8 Å². The first-order valence-electron chi connectivity index (χ1n) is 10.0. The largest absolute Gasteiger partial charge is 0.489 e. The fourth-order valence-electron chi connectivity index (χ4n) is 3.13. The van der Waals surface area contributed by atoms with E-state index in [0.717, 1.165) is 11.1 Å². The highest BCUT2D eigenvalue weighted by Gasteiger charge is 2.16. The van der Waals surface area contributed by atoms with Crippen LogP contribution in [-0.4, -0.2) is 38.5 Å². The van der Waals surface area contributed by atoms with Crippen molar-refractivity contribution in [1.82, 2.24) is 10.6 Å². The van der Waals surface area contributed by atoms with E-state index in [0.29, 0.717) is 50.1 Å². The molecule has 170 valence electrons. The second-order valence-electron chi connectivity index (χ2n) is 6.95. The molecule has 9 heteroatoms. The zero-order valence-corrected chi connectivity index (χ0v) is 20.0. The summed E-state index contributed by atoms with van der Waals surface area (Å²) >= 11 is 0. The van der Waals surface area contributed by atoms with E-state index in [9.17, 15) is 8.78 Å². The van der Waals surface area contributed by atoms with Crippen molar-refractivity contribution in [2.24, 2.45) is 4.99 Å². The first-order chi connectivity index (χ1) is 14.5. The zero-order chi connectivity index (χ0) is 21.3. The SMILES string of the molecule is CCNC(=NCC(C)Oc1cccc(F)c1)NCCc1cc(F)cc2c1OCOC2.I. The van der Waals surface area contributed by atoms with Crippen molar-refractivity contribution in [3.8, 4) is 11.5 Å². The number of aliphatic imine (C=N–C) groups is 1. The summed E-state index contributed by atoms with van der Waals surface area (Å²) in [6, 6.07) is 8.96. The van der Waals surface area contributed by atoms with Crippen molar-refractivity contribution in [2.75, 3.05) is 26.4 Å². The lowest BCUT2D eigenvalue weighted by Crippen LogP contribution is -2.39. The summed E-state index contributed by atoms with van der Waals surface area (Å²) in [4.78, 5) is 4.52. The van der Waals surface area contributed by atoms with Gasteiger partial charge >= 0.3 is 0 Å². The third-order valence-corrected chi connectivity index (χ3v) is 4.42. The number of nitrogens with zero attached hydrogens (tertiary/aromatic N) is 1. The van der Waals surface area contributed by atoms with Gasteiger partial charge in [0.15, 0.2) is 12.8 Å². The highest BCUT2D eigenvalue weighted by Crippen LogP contribution is 2.29. The van der Waals surface area contributed by atoms with Gasteiger partial charge in [0, 0.05) is 24.7 Å². The molecule has 1 unspecified atom stereocenters. The Bertz CT molecular complexity index is 883. The molecule has 0 aromatic heterocycles. The monoisotopic (exact) mass is 547 g/mol. The maximum absolute atomic E-state index is 13.9. The molecule has 3 rings (SSSR count). The van der Waals surface area contributed by atoms with Crippen LogP contribution >= 0.6 is 24.0 Å². The van der Waals surface area contributed by atoms with Crippen molar-refractivity contribution in [3.63, 3.8) is 0 Å². The van der Waals surface area contributed by atoms with E-state index < -0.39 is 0 Å². The second-order valence-corrected chi connectivity index (χ2v) is 6.95. The number of nitrogens with one attached hydrogen (secondary N) is 2. The molecule has 0 aliphatic carbocycles.